The van der Waals surface area contributed by atoms with Crippen LogP contribution in [0.4, 0.5) is 11.6 Å². The number of pyridine rings is 2. The van der Waals surface area contributed by atoms with Crippen LogP contribution >= 0.6 is 0 Å². The Hall–Kier alpha value is -3.46. The second-order valence-electron chi connectivity index (χ2n) is 9.74. The lowest BCUT2D eigenvalue weighted by Crippen LogP contribution is -2.41. The molecule has 8 nitrogen and oxygen atoms in total. The molecule has 184 valence electrons. The summed E-state index contributed by atoms with van der Waals surface area (Å²) in [7, 11) is -4.20. The molecule has 35 heavy (non-hydrogen) atoms. The maximum Gasteiger partial charge on any atom is 0.281 e. The fourth-order valence-electron chi connectivity index (χ4n) is 4.54. The number of carbonyl (C=O) groups excluding carboxylic acids is 1. The van der Waals surface area contributed by atoms with Crippen molar-refractivity contribution < 1.29 is 13.2 Å². The molecular formula is C26H31N5O3S. The third kappa shape index (κ3) is 5.62. The zero-order valence-electron chi connectivity index (χ0n) is 20.4. The lowest BCUT2D eigenvalue weighted by molar-refractivity contribution is 0.0981. The van der Waals surface area contributed by atoms with Crippen molar-refractivity contribution in [3.05, 3.63) is 77.5 Å². The molecule has 1 atom stereocenters. The summed E-state index contributed by atoms with van der Waals surface area (Å²) in [5.74, 6) is 0.584. The molecule has 3 aromatic rings. The topological polar surface area (TPSA) is 104 Å². The van der Waals surface area contributed by atoms with E-state index in [1.54, 1.807) is 30.5 Å². The Morgan fingerprint density at radius 1 is 1.11 bits per heavy atom. The van der Waals surface area contributed by atoms with Crippen LogP contribution in [0.2, 0.25) is 0 Å². The zero-order valence-corrected chi connectivity index (χ0v) is 21.3. The van der Waals surface area contributed by atoms with Gasteiger partial charge >= 0.3 is 0 Å². The van der Waals surface area contributed by atoms with E-state index in [2.05, 4.69) is 45.7 Å². The van der Waals surface area contributed by atoms with E-state index in [9.17, 15) is 13.2 Å². The van der Waals surface area contributed by atoms with E-state index in [-0.39, 0.29) is 16.1 Å². The average Bonchev–Trinajstić information content (AvgIpc) is 3.10. The first kappa shape index (κ1) is 24.7. The van der Waals surface area contributed by atoms with E-state index in [0.29, 0.717) is 24.1 Å². The first-order valence-electron chi connectivity index (χ1n) is 11.6. The largest absolute Gasteiger partial charge is 0.366 e. The van der Waals surface area contributed by atoms with E-state index >= 15 is 0 Å². The Morgan fingerprint density at radius 2 is 1.86 bits per heavy atom. The van der Waals surface area contributed by atoms with Gasteiger partial charge in [0.05, 0.1) is 5.56 Å². The average molecular weight is 494 g/mol. The second kappa shape index (κ2) is 9.65. The Balaban J connectivity index is 1.52. The molecule has 2 N–H and O–H groups in total. The molecule has 0 spiro atoms. The molecule has 0 aliphatic carbocycles. The molecular weight excluding hydrogens is 462 g/mol. The third-order valence-electron chi connectivity index (χ3n) is 6.18. The Bertz CT molecular complexity index is 1320. The maximum atomic E-state index is 13.1. The van der Waals surface area contributed by atoms with Crippen LogP contribution in [-0.2, 0) is 16.6 Å². The summed E-state index contributed by atoms with van der Waals surface area (Å²) in [6, 6.07) is 15.9. The Labute approximate surface area is 206 Å². The zero-order chi connectivity index (χ0) is 25.2. The van der Waals surface area contributed by atoms with Gasteiger partial charge in [-0.25, -0.2) is 14.7 Å². The standard InChI is InChI=1S/C26H31N5O3S/c1-18-10-12-20(13-11-18)16-28-22-8-5-9-23(29-22)35(33,34)30-25(32)21-7-6-14-27-24(21)31-17-19(2)15-26(31,3)4/h5-14,19H,15-17H2,1-4H3,(H,28,29)(H,30,32). The first-order valence-corrected chi connectivity index (χ1v) is 13.1. The smallest absolute Gasteiger partial charge is 0.281 e. The van der Waals surface area contributed by atoms with Gasteiger partial charge in [-0.05, 0) is 62.9 Å². The highest BCUT2D eigenvalue weighted by molar-refractivity contribution is 7.90. The summed E-state index contributed by atoms with van der Waals surface area (Å²) < 4.78 is 28.2. The number of aromatic nitrogens is 2. The van der Waals surface area contributed by atoms with Crippen molar-refractivity contribution in [1.82, 2.24) is 14.7 Å². The molecule has 4 rings (SSSR count). The Kier molecular flexibility index (Phi) is 6.80. The number of benzene rings is 1. The van der Waals surface area contributed by atoms with Crippen LogP contribution in [0.3, 0.4) is 0 Å². The summed E-state index contributed by atoms with van der Waals surface area (Å²) in [5.41, 5.74) is 2.23. The van der Waals surface area contributed by atoms with Crippen molar-refractivity contribution in [2.45, 2.75) is 51.2 Å². The molecule has 1 unspecified atom stereocenters. The summed E-state index contributed by atoms with van der Waals surface area (Å²) in [6.45, 7) is 9.60. The molecule has 1 amide bonds. The molecule has 0 bridgehead atoms. The fourth-order valence-corrected chi connectivity index (χ4v) is 5.47. The lowest BCUT2D eigenvalue weighted by Gasteiger charge is -2.33. The van der Waals surface area contributed by atoms with Gasteiger partial charge in [0.2, 0.25) is 0 Å². The van der Waals surface area contributed by atoms with Crippen molar-refractivity contribution in [1.29, 1.82) is 0 Å². The highest BCUT2D eigenvalue weighted by atomic mass is 32.2. The Morgan fingerprint density at radius 3 is 2.54 bits per heavy atom. The molecule has 1 fully saturated rings. The number of amides is 1. The van der Waals surface area contributed by atoms with Crippen molar-refractivity contribution >= 4 is 27.6 Å². The van der Waals surface area contributed by atoms with E-state index in [1.165, 1.54) is 6.07 Å². The van der Waals surface area contributed by atoms with E-state index in [4.69, 9.17) is 0 Å². The van der Waals surface area contributed by atoms with Crippen molar-refractivity contribution in [3.63, 3.8) is 0 Å². The van der Waals surface area contributed by atoms with Crippen LogP contribution in [0.5, 0.6) is 0 Å². The van der Waals surface area contributed by atoms with Gasteiger partial charge in [-0.15, -0.1) is 0 Å². The molecule has 2 aromatic heterocycles. The molecule has 1 aromatic carbocycles. The highest BCUT2D eigenvalue weighted by Crippen LogP contribution is 2.37. The van der Waals surface area contributed by atoms with E-state index in [0.717, 1.165) is 24.1 Å². The van der Waals surface area contributed by atoms with Crippen molar-refractivity contribution in [2.24, 2.45) is 5.92 Å². The monoisotopic (exact) mass is 493 g/mol. The lowest BCUT2D eigenvalue weighted by atomic mass is 9.97. The number of carbonyl (C=O) groups is 1. The van der Waals surface area contributed by atoms with Crippen LogP contribution in [0.25, 0.3) is 0 Å². The molecule has 1 saturated heterocycles. The third-order valence-corrected chi connectivity index (χ3v) is 7.41. The summed E-state index contributed by atoms with van der Waals surface area (Å²) in [4.78, 5) is 23.9. The van der Waals surface area contributed by atoms with Crippen LogP contribution in [-0.4, -0.2) is 36.4 Å². The number of hydrogen-bond acceptors (Lipinski definition) is 7. The van der Waals surface area contributed by atoms with Gasteiger partial charge in [0.1, 0.15) is 11.6 Å². The molecule has 1 aliphatic rings. The highest BCUT2D eigenvalue weighted by Gasteiger charge is 2.39. The minimum absolute atomic E-state index is 0.194. The molecule has 9 heteroatoms. The van der Waals surface area contributed by atoms with E-state index in [1.807, 2.05) is 31.2 Å². The number of nitrogens with zero attached hydrogens (tertiary/aromatic N) is 3. The van der Waals surface area contributed by atoms with Crippen LogP contribution in [0.15, 0.2) is 65.8 Å². The number of rotatable bonds is 7. The minimum Gasteiger partial charge on any atom is -0.366 e. The summed E-state index contributed by atoms with van der Waals surface area (Å²) >= 11 is 0. The SMILES string of the molecule is Cc1ccc(CNc2cccc(S(=O)(=O)NC(=O)c3cccnc3N3CC(C)CC3(C)C)n2)cc1. The molecule has 0 radical (unpaired) electrons. The van der Waals surface area contributed by atoms with Gasteiger partial charge < -0.3 is 10.2 Å². The number of sulfonamides is 1. The minimum atomic E-state index is -4.20. The quantitative estimate of drug-likeness (QED) is 0.510. The van der Waals surface area contributed by atoms with Crippen LogP contribution in [0.1, 0.15) is 48.7 Å². The number of anilines is 2. The number of nitrogens with one attached hydrogen (secondary N) is 2. The normalized spacial score (nSPS) is 17.3. The van der Waals surface area contributed by atoms with Gasteiger partial charge in [0.25, 0.3) is 15.9 Å². The first-order chi connectivity index (χ1) is 16.5. The van der Waals surface area contributed by atoms with Crippen molar-refractivity contribution in [2.75, 3.05) is 16.8 Å². The van der Waals surface area contributed by atoms with Crippen LogP contribution < -0.4 is 14.9 Å². The molecule has 0 saturated carbocycles. The van der Waals surface area contributed by atoms with Gasteiger partial charge in [0.15, 0.2) is 5.03 Å². The predicted octanol–water partition coefficient (Wildman–Crippen LogP) is 4.14. The van der Waals surface area contributed by atoms with Gasteiger partial charge in [-0.1, -0.05) is 42.8 Å². The maximum absolute atomic E-state index is 13.1. The molecule has 1 aliphatic heterocycles. The number of aryl methyl sites for hydroxylation is 1. The van der Waals surface area contributed by atoms with Gasteiger partial charge in [0, 0.05) is 24.8 Å². The second-order valence-corrected chi connectivity index (χ2v) is 11.4. The van der Waals surface area contributed by atoms with Crippen molar-refractivity contribution in [3.8, 4) is 0 Å². The fraction of sp³-hybridized carbons (Fsp3) is 0.346. The van der Waals surface area contributed by atoms with Gasteiger partial charge in [-0.2, -0.15) is 8.42 Å². The summed E-state index contributed by atoms with van der Waals surface area (Å²) in [5, 5.41) is 2.90. The summed E-state index contributed by atoms with van der Waals surface area (Å²) in [6.07, 6.45) is 2.57. The van der Waals surface area contributed by atoms with E-state index < -0.39 is 15.9 Å². The molecule has 3 heterocycles. The van der Waals surface area contributed by atoms with Crippen LogP contribution in [0, 0.1) is 12.8 Å². The number of hydrogen-bond donors (Lipinski definition) is 2. The predicted molar refractivity (Wildman–Crippen MR) is 137 cm³/mol. The van der Waals surface area contributed by atoms with Gasteiger partial charge in [-0.3, -0.25) is 4.79 Å².